The number of hydrogen-bond acceptors (Lipinski definition) is 2. The summed E-state index contributed by atoms with van der Waals surface area (Å²) in [6, 6.07) is 9.82. The normalized spacial score (nSPS) is 11.9. The molecule has 0 atom stereocenters. The summed E-state index contributed by atoms with van der Waals surface area (Å²) in [4.78, 5) is 24.1. The molecule has 2 aromatic carbocycles. The number of nitrogens with one attached hydrogen (secondary N) is 2. The van der Waals surface area contributed by atoms with Crippen molar-refractivity contribution >= 4 is 23.1 Å². The highest BCUT2D eigenvalue weighted by atomic mass is 19.4. The number of carbonyl (C=O) groups excluding carboxylic acids is 2. The molecule has 28 heavy (non-hydrogen) atoms. The van der Waals surface area contributed by atoms with Crippen LogP contribution < -0.4 is 10.6 Å². The largest absolute Gasteiger partial charge is 0.405 e. The lowest BCUT2D eigenvalue weighted by Gasteiger charge is -2.11. The van der Waals surface area contributed by atoms with E-state index in [4.69, 9.17) is 0 Å². The highest BCUT2D eigenvalue weighted by Gasteiger charge is 2.28. The number of amides is 2. The quantitative estimate of drug-likeness (QED) is 0.581. The summed E-state index contributed by atoms with van der Waals surface area (Å²) in [6.07, 6.45) is -3.21. The summed E-state index contributed by atoms with van der Waals surface area (Å²) in [5, 5.41) is 4.38. The molecule has 0 aliphatic carbocycles. The van der Waals surface area contributed by atoms with Crippen molar-refractivity contribution in [2.45, 2.75) is 20.0 Å². The van der Waals surface area contributed by atoms with Gasteiger partial charge in [-0.1, -0.05) is 18.2 Å². The van der Waals surface area contributed by atoms with Crippen LogP contribution in [0.5, 0.6) is 0 Å². The number of carbonyl (C=O) groups is 2. The topological polar surface area (TPSA) is 58.2 Å². The Morgan fingerprint density at radius 1 is 1.04 bits per heavy atom. The van der Waals surface area contributed by atoms with Crippen molar-refractivity contribution in [1.29, 1.82) is 0 Å². The standard InChI is InChI=1S/C20H18F4N2O2/c1-12-3-4-15(19(28)25-11-20(22,23)24)10-17(12)26-18(27)9-13(2)14-5-7-16(21)8-6-14/h3-10H,11H2,1-2H3,(H,25,28)(H,26,27)/b13-9+. The molecule has 0 saturated carbocycles. The fourth-order valence-corrected chi connectivity index (χ4v) is 2.34. The second-order valence-corrected chi connectivity index (χ2v) is 6.15. The number of aryl methyl sites for hydroxylation is 1. The number of allylic oxidation sites excluding steroid dienone is 1. The SMILES string of the molecule is C/C(=C\C(=O)Nc1cc(C(=O)NCC(F)(F)F)ccc1C)c1ccc(F)cc1. The molecule has 2 rings (SSSR count). The van der Waals surface area contributed by atoms with Crippen molar-refractivity contribution in [2.75, 3.05) is 11.9 Å². The molecule has 0 aromatic heterocycles. The summed E-state index contributed by atoms with van der Waals surface area (Å²) in [5.74, 6) is -1.78. The average molecular weight is 394 g/mol. The third kappa shape index (κ3) is 6.22. The van der Waals surface area contributed by atoms with Gasteiger partial charge in [0.1, 0.15) is 12.4 Å². The Morgan fingerprint density at radius 3 is 2.25 bits per heavy atom. The van der Waals surface area contributed by atoms with Crippen LogP contribution in [0.2, 0.25) is 0 Å². The molecule has 2 amide bonds. The molecule has 2 aromatic rings. The minimum absolute atomic E-state index is 0.00983. The molecule has 8 heteroatoms. The van der Waals surface area contributed by atoms with E-state index in [0.29, 0.717) is 22.4 Å². The van der Waals surface area contributed by atoms with E-state index in [9.17, 15) is 27.2 Å². The molecule has 4 nitrogen and oxygen atoms in total. The van der Waals surface area contributed by atoms with E-state index in [0.717, 1.165) is 0 Å². The van der Waals surface area contributed by atoms with Gasteiger partial charge in [-0.05, 0) is 54.8 Å². The van der Waals surface area contributed by atoms with Gasteiger partial charge in [-0.25, -0.2) is 4.39 Å². The number of alkyl halides is 3. The Kier molecular flexibility index (Phi) is 6.56. The molecule has 0 radical (unpaired) electrons. The molecule has 0 spiro atoms. The lowest BCUT2D eigenvalue weighted by Crippen LogP contribution is -2.33. The molecule has 2 N–H and O–H groups in total. The first-order valence-corrected chi connectivity index (χ1v) is 8.26. The van der Waals surface area contributed by atoms with E-state index in [1.807, 2.05) is 0 Å². The minimum atomic E-state index is -4.51. The van der Waals surface area contributed by atoms with Gasteiger partial charge in [0, 0.05) is 17.3 Å². The zero-order valence-corrected chi connectivity index (χ0v) is 15.2. The van der Waals surface area contributed by atoms with Crippen LogP contribution in [-0.4, -0.2) is 24.5 Å². The molecule has 0 heterocycles. The van der Waals surface area contributed by atoms with E-state index in [1.54, 1.807) is 19.2 Å². The monoisotopic (exact) mass is 394 g/mol. The smallest absolute Gasteiger partial charge is 0.343 e. The van der Waals surface area contributed by atoms with Crippen LogP contribution in [0.15, 0.2) is 48.5 Å². The van der Waals surface area contributed by atoms with Crippen molar-refractivity contribution in [1.82, 2.24) is 5.32 Å². The third-order valence-corrected chi connectivity index (χ3v) is 3.85. The van der Waals surface area contributed by atoms with Crippen molar-refractivity contribution in [3.05, 3.63) is 71.0 Å². The van der Waals surface area contributed by atoms with Crippen molar-refractivity contribution in [2.24, 2.45) is 0 Å². The van der Waals surface area contributed by atoms with Gasteiger partial charge in [-0.15, -0.1) is 0 Å². The molecule has 0 saturated heterocycles. The fraction of sp³-hybridized carbons (Fsp3) is 0.200. The van der Waals surface area contributed by atoms with Crippen LogP contribution in [0.3, 0.4) is 0 Å². The highest BCUT2D eigenvalue weighted by Crippen LogP contribution is 2.19. The lowest BCUT2D eigenvalue weighted by atomic mass is 10.1. The van der Waals surface area contributed by atoms with Crippen LogP contribution in [-0.2, 0) is 4.79 Å². The summed E-state index contributed by atoms with van der Waals surface area (Å²) in [5.41, 5.74) is 2.17. The Morgan fingerprint density at radius 2 is 1.64 bits per heavy atom. The summed E-state index contributed by atoms with van der Waals surface area (Å²) < 4.78 is 49.7. The minimum Gasteiger partial charge on any atom is -0.343 e. The molecule has 148 valence electrons. The molecule has 0 aliphatic rings. The third-order valence-electron chi connectivity index (χ3n) is 3.85. The van der Waals surface area contributed by atoms with Crippen molar-refractivity contribution in [3.63, 3.8) is 0 Å². The van der Waals surface area contributed by atoms with Gasteiger partial charge in [0.05, 0.1) is 0 Å². The Bertz CT molecular complexity index is 903. The first kappa shape index (κ1) is 21.1. The molecular formula is C20H18F4N2O2. The number of rotatable bonds is 5. The Labute approximate surface area is 159 Å². The van der Waals surface area contributed by atoms with E-state index in [-0.39, 0.29) is 5.56 Å². The number of benzene rings is 2. The van der Waals surface area contributed by atoms with Crippen molar-refractivity contribution < 1.29 is 27.2 Å². The zero-order chi connectivity index (χ0) is 20.9. The number of anilines is 1. The summed E-state index contributed by atoms with van der Waals surface area (Å²) in [6.45, 7) is 1.92. The zero-order valence-electron chi connectivity index (χ0n) is 15.2. The maximum absolute atomic E-state index is 13.0. The van der Waals surface area contributed by atoms with Gasteiger partial charge in [0.2, 0.25) is 5.91 Å². The van der Waals surface area contributed by atoms with E-state index < -0.39 is 30.4 Å². The average Bonchev–Trinajstić information content (AvgIpc) is 2.61. The maximum atomic E-state index is 13.0. The number of halogens is 4. The second kappa shape index (κ2) is 8.69. The molecule has 0 fully saturated rings. The maximum Gasteiger partial charge on any atom is 0.405 e. The molecule has 0 aliphatic heterocycles. The molecule has 0 unspecified atom stereocenters. The van der Waals surface area contributed by atoms with Gasteiger partial charge in [0.25, 0.3) is 5.91 Å². The molecular weight excluding hydrogens is 376 g/mol. The van der Waals surface area contributed by atoms with E-state index in [2.05, 4.69) is 5.32 Å². The van der Waals surface area contributed by atoms with Crippen molar-refractivity contribution in [3.8, 4) is 0 Å². The lowest BCUT2D eigenvalue weighted by molar-refractivity contribution is -0.123. The van der Waals surface area contributed by atoms with Gasteiger partial charge in [-0.2, -0.15) is 13.2 Å². The number of hydrogen-bond donors (Lipinski definition) is 2. The Hall–Kier alpha value is -3.16. The Balaban J connectivity index is 2.12. The first-order valence-electron chi connectivity index (χ1n) is 8.26. The highest BCUT2D eigenvalue weighted by molar-refractivity contribution is 6.05. The van der Waals surface area contributed by atoms with Crippen LogP contribution in [0.1, 0.15) is 28.4 Å². The van der Waals surface area contributed by atoms with E-state index >= 15 is 0 Å². The molecule has 0 bridgehead atoms. The summed E-state index contributed by atoms with van der Waals surface area (Å²) >= 11 is 0. The van der Waals surface area contributed by atoms with Gasteiger partial charge in [-0.3, -0.25) is 9.59 Å². The van der Waals surface area contributed by atoms with Crippen LogP contribution >= 0.6 is 0 Å². The fourth-order valence-electron chi connectivity index (χ4n) is 2.34. The van der Waals surface area contributed by atoms with Crippen LogP contribution in [0, 0.1) is 12.7 Å². The predicted octanol–water partition coefficient (Wildman–Crippen LogP) is 4.47. The van der Waals surface area contributed by atoms with Gasteiger partial charge >= 0.3 is 6.18 Å². The van der Waals surface area contributed by atoms with Gasteiger partial charge in [0.15, 0.2) is 0 Å². The summed E-state index contributed by atoms with van der Waals surface area (Å²) in [7, 11) is 0. The van der Waals surface area contributed by atoms with Crippen LogP contribution in [0.25, 0.3) is 5.57 Å². The van der Waals surface area contributed by atoms with Gasteiger partial charge < -0.3 is 10.6 Å². The van der Waals surface area contributed by atoms with Crippen LogP contribution in [0.4, 0.5) is 23.2 Å². The predicted molar refractivity (Wildman–Crippen MR) is 98.2 cm³/mol. The second-order valence-electron chi connectivity index (χ2n) is 6.15. The first-order chi connectivity index (χ1) is 13.0. The van der Waals surface area contributed by atoms with E-state index in [1.165, 1.54) is 48.5 Å².